The predicted octanol–water partition coefficient (Wildman–Crippen LogP) is 4.41. The maximum absolute atomic E-state index is 13.6. The van der Waals surface area contributed by atoms with E-state index >= 15 is 0 Å². The summed E-state index contributed by atoms with van der Waals surface area (Å²) in [6.45, 7) is 3.34. The summed E-state index contributed by atoms with van der Waals surface area (Å²) in [5, 5.41) is 6.15. The summed E-state index contributed by atoms with van der Waals surface area (Å²) in [6, 6.07) is 6.43. The Morgan fingerprint density at radius 1 is 1.18 bits per heavy atom. The molecule has 0 radical (unpaired) electrons. The highest BCUT2D eigenvalue weighted by Crippen LogP contribution is 2.71. The van der Waals surface area contributed by atoms with Gasteiger partial charge in [0.25, 0.3) is 0 Å². The molecule has 1 aliphatic heterocycles. The van der Waals surface area contributed by atoms with Gasteiger partial charge in [-0.15, -0.1) is 0 Å². The first kappa shape index (κ1) is 27.7. The van der Waals surface area contributed by atoms with Crippen LogP contribution in [0.4, 0.5) is 13.2 Å². The van der Waals surface area contributed by atoms with E-state index in [0.717, 1.165) is 24.8 Å². The van der Waals surface area contributed by atoms with Crippen LogP contribution in [0.15, 0.2) is 29.3 Å². The largest absolute Gasteiger partial charge is 0.390 e. The molecule has 4 fully saturated rings. The van der Waals surface area contributed by atoms with Gasteiger partial charge >= 0.3 is 6.18 Å². The molecule has 1 heterocycles. The lowest BCUT2D eigenvalue weighted by Gasteiger charge is -2.73. The topological polar surface area (TPSA) is 90.9 Å². The number of sulfonamides is 1. The molecular weight excluding hydrogens is 541 g/mol. The van der Waals surface area contributed by atoms with E-state index in [1.54, 1.807) is 30.3 Å². The molecule has 38 heavy (non-hydrogen) atoms. The number of carbonyl (C=O) groups is 1. The van der Waals surface area contributed by atoms with Crippen molar-refractivity contribution >= 4 is 33.4 Å². The number of nitrogens with one attached hydrogen (secondary N) is 2. The lowest BCUT2D eigenvalue weighted by Crippen LogP contribution is -2.78. The maximum atomic E-state index is 13.6. The smallest absolute Gasteiger partial charge is 0.360 e. The van der Waals surface area contributed by atoms with E-state index < -0.39 is 52.2 Å². The van der Waals surface area contributed by atoms with Gasteiger partial charge in [-0.2, -0.15) is 17.5 Å². The van der Waals surface area contributed by atoms with Gasteiger partial charge in [0.15, 0.2) is 0 Å². The highest BCUT2D eigenvalue weighted by Gasteiger charge is 2.75. The zero-order chi connectivity index (χ0) is 27.6. The quantitative estimate of drug-likeness (QED) is 0.433. The second-order valence-electron chi connectivity index (χ2n) is 12.1. The Bertz CT molecular complexity index is 1210. The monoisotopic (exact) mass is 574 g/mol. The summed E-state index contributed by atoms with van der Waals surface area (Å²) < 4.78 is 66.5. The summed E-state index contributed by atoms with van der Waals surface area (Å²) >= 11 is 6.04. The Kier molecular flexibility index (Phi) is 6.83. The van der Waals surface area contributed by atoms with Gasteiger partial charge in [0.2, 0.25) is 15.9 Å². The van der Waals surface area contributed by atoms with Crippen molar-refractivity contribution in [2.75, 3.05) is 12.3 Å². The van der Waals surface area contributed by atoms with Crippen LogP contribution in [-0.2, 0) is 21.4 Å². The van der Waals surface area contributed by atoms with Crippen LogP contribution in [0.3, 0.4) is 0 Å². The standard InChI is InChI=1S/C26H34ClF3N4O3S/c1-23(2)20(21(35)31-11-10-26(28,29)30)32-22(33-23)24-14-25(15-24,16-24)34(12-17-6-8-19(27)9-7-17)38(36,37)13-18-4-3-5-18/h6-9,18,20H,3-5,10-16H2,1-2H3,(H,31,35)(H,32,33)/t20-,24?,25?/m0/s1. The Labute approximate surface area is 226 Å². The Morgan fingerprint density at radius 3 is 2.37 bits per heavy atom. The molecule has 0 saturated heterocycles. The van der Waals surface area contributed by atoms with Crippen molar-refractivity contribution in [1.82, 2.24) is 14.9 Å². The van der Waals surface area contributed by atoms with Crippen molar-refractivity contribution in [2.45, 2.75) is 88.6 Å². The van der Waals surface area contributed by atoms with Gasteiger partial charge in [-0.1, -0.05) is 30.2 Å². The van der Waals surface area contributed by atoms with Gasteiger partial charge in [-0.05, 0) is 69.6 Å². The van der Waals surface area contributed by atoms with Crippen molar-refractivity contribution in [1.29, 1.82) is 0 Å². The molecule has 2 N–H and O–H groups in total. The van der Waals surface area contributed by atoms with Gasteiger partial charge in [0.1, 0.15) is 11.9 Å². The zero-order valence-electron chi connectivity index (χ0n) is 21.6. The Balaban J connectivity index is 1.28. The van der Waals surface area contributed by atoms with Crippen LogP contribution >= 0.6 is 11.6 Å². The SMILES string of the molecule is CC1(C)N=C(C23CC(N(Cc4ccc(Cl)cc4)S(=O)(=O)CC4CCC4)(C2)C3)N[C@H]1C(=O)NCCC(F)(F)F. The van der Waals surface area contributed by atoms with E-state index in [-0.39, 0.29) is 23.6 Å². The third-order valence-electron chi connectivity index (χ3n) is 8.64. The number of alkyl halides is 3. The molecule has 0 unspecified atom stereocenters. The number of hydrogen-bond acceptors (Lipinski definition) is 5. The predicted molar refractivity (Wildman–Crippen MR) is 139 cm³/mol. The van der Waals surface area contributed by atoms with Crippen molar-refractivity contribution in [2.24, 2.45) is 16.3 Å². The molecule has 7 nitrogen and oxygen atoms in total. The second-order valence-corrected chi connectivity index (χ2v) is 14.5. The lowest BCUT2D eigenvalue weighted by molar-refractivity contribution is -0.151. The number of amides is 1. The van der Waals surface area contributed by atoms with Gasteiger partial charge in [0, 0.05) is 29.1 Å². The van der Waals surface area contributed by atoms with Crippen molar-refractivity contribution in [3.8, 4) is 0 Å². The average molecular weight is 575 g/mol. The number of rotatable bonds is 10. The van der Waals surface area contributed by atoms with Crippen LogP contribution in [0, 0.1) is 11.3 Å². The Morgan fingerprint density at radius 2 is 1.82 bits per heavy atom. The van der Waals surface area contributed by atoms with Gasteiger partial charge in [0.05, 0.1) is 17.7 Å². The van der Waals surface area contributed by atoms with Crippen molar-refractivity contribution < 1.29 is 26.4 Å². The van der Waals surface area contributed by atoms with E-state index in [9.17, 15) is 26.4 Å². The molecule has 5 aliphatic rings. The van der Waals surface area contributed by atoms with Gasteiger partial charge < -0.3 is 10.6 Å². The summed E-state index contributed by atoms with van der Waals surface area (Å²) in [6.07, 6.45) is -0.695. The van der Waals surface area contributed by atoms with Crippen molar-refractivity contribution in [3.05, 3.63) is 34.9 Å². The minimum atomic E-state index is -4.34. The summed E-state index contributed by atoms with van der Waals surface area (Å²) in [7, 11) is -3.51. The average Bonchev–Trinajstić information content (AvgIpc) is 3.03. The molecule has 1 aromatic rings. The second kappa shape index (κ2) is 9.37. The first-order valence-corrected chi connectivity index (χ1v) is 15.1. The highest BCUT2D eigenvalue weighted by atomic mass is 35.5. The van der Waals surface area contributed by atoms with Crippen LogP contribution < -0.4 is 10.6 Å². The van der Waals surface area contributed by atoms with E-state index in [0.29, 0.717) is 30.1 Å². The molecule has 210 valence electrons. The van der Waals surface area contributed by atoms with Crippen LogP contribution in [0.1, 0.15) is 64.4 Å². The molecular formula is C26H34ClF3N4O3S. The lowest BCUT2D eigenvalue weighted by atomic mass is 9.38. The summed E-state index contributed by atoms with van der Waals surface area (Å²) in [5.74, 6) is 0.490. The number of aliphatic imine (C=N–C) groups is 1. The van der Waals surface area contributed by atoms with Crippen LogP contribution in [0.5, 0.6) is 0 Å². The van der Waals surface area contributed by atoms with Gasteiger partial charge in [-0.3, -0.25) is 9.79 Å². The minimum absolute atomic E-state index is 0.155. The number of nitrogens with zero attached hydrogens (tertiary/aromatic N) is 2. The molecule has 12 heteroatoms. The normalized spacial score (nSPS) is 30.1. The molecule has 0 aromatic heterocycles. The van der Waals surface area contributed by atoms with Crippen molar-refractivity contribution in [3.63, 3.8) is 0 Å². The molecule has 2 bridgehead atoms. The first-order chi connectivity index (χ1) is 17.6. The molecule has 6 rings (SSSR count). The minimum Gasteiger partial charge on any atom is -0.360 e. The number of amidine groups is 1. The molecule has 4 aliphatic carbocycles. The zero-order valence-corrected chi connectivity index (χ0v) is 23.1. The fraction of sp³-hybridized carbons (Fsp3) is 0.692. The fourth-order valence-corrected chi connectivity index (χ4v) is 8.76. The Hall–Kier alpha value is -1.85. The van der Waals surface area contributed by atoms with Gasteiger partial charge in [-0.25, -0.2) is 8.42 Å². The van der Waals surface area contributed by atoms with Crippen LogP contribution in [0.25, 0.3) is 0 Å². The highest BCUT2D eigenvalue weighted by molar-refractivity contribution is 7.89. The molecule has 4 saturated carbocycles. The first-order valence-electron chi connectivity index (χ1n) is 13.1. The van der Waals surface area contributed by atoms with E-state index in [4.69, 9.17) is 16.6 Å². The summed E-state index contributed by atoms with van der Waals surface area (Å²) in [5.41, 5.74) is -0.801. The van der Waals surface area contributed by atoms with Crippen LogP contribution in [-0.4, -0.2) is 60.1 Å². The summed E-state index contributed by atoms with van der Waals surface area (Å²) in [4.78, 5) is 17.5. The number of carbonyl (C=O) groups excluding carboxylic acids is 1. The van der Waals surface area contributed by atoms with E-state index in [1.165, 1.54) is 0 Å². The number of benzene rings is 1. The number of halogens is 4. The number of hydrogen-bond donors (Lipinski definition) is 2. The van der Waals surface area contributed by atoms with E-state index in [2.05, 4.69) is 10.6 Å². The molecule has 1 atom stereocenters. The van der Waals surface area contributed by atoms with E-state index in [1.807, 2.05) is 12.1 Å². The third kappa shape index (κ3) is 5.18. The van der Waals surface area contributed by atoms with Crippen LogP contribution in [0.2, 0.25) is 5.02 Å². The maximum Gasteiger partial charge on any atom is 0.390 e. The molecule has 0 spiro atoms. The molecule has 1 aromatic carbocycles. The molecule has 1 amide bonds. The third-order valence-corrected chi connectivity index (χ3v) is 11.0. The fourth-order valence-electron chi connectivity index (χ4n) is 6.40.